The summed E-state index contributed by atoms with van der Waals surface area (Å²) in [5.74, 6) is -0.190. The van der Waals surface area contributed by atoms with E-state index in [1.165, 1.54) is 41.9 Å². The van der Waals surface area contributed by atoms with Gasteiger partial charge in [-0.15, -0.1) is 0 Å². The molecule has 172 valence electrons. The molecule has 0 bridgehead atoms. The maximum Gasteiger partial charge on any atom is 0.251 e. The Labute approximate surface area is 197 Å². The van der Waals surface area contributed by atoms with Crippen LogP contribution < -0.4 is 10.9 Å². The van der Waals surface area contributed by atoms with E-state index in [1.807, 2.05) is 24.3 Å². The summed E-state index contributed by atoms with van der Waals surface area (Å²) < 4.78 is 1.34. The summed E-state index contributed by atoms with van der Waals surface area (Å²) in [5, 5.41) is 31.8. The highest BCUT2D eigenvalue weighted by Gasteiger charge is 2.21. The molecule has 0 radical (unpaired) electrons. The minimum Gasteiger partial charge on any atom is -0.506 e. The molecule has 34 heavy (non-hydrogen) atoms. The summed E-state index contributed by atoms with van der Waals surface area (Å²) in [7, 11) is 0. The van der Waals surface area contributed by atoms with E-state index in [0.29, 0.717) is 22.9 Å². The highest BCUT2D eigenvalue weighted by Crippen LogP contribution is 2.21. The van der Waals surface area contributed by atoms with Crippen LogP contribution in [0.3, 0.4) is 0 Å². The molecule has 0 unspecified atom stereocenters. The Hall–Kier alpha value is -4.09. The largest absolute Gasteiger partial charge is 0.506 e. The summed E-state index contributed by atoms with van der Waals surface area (Å²) in [6.07, 6.45) is 8.29. The van der Waals surface area contributed by atoms with Crippen molar-refractivity contribution in [3.05, 3.63) is 88.2 Å². The summed E-state index contributed by atoms with van der Waals surface area (Å²) >= 11 is 0. The van der Waals surface area contributed by atoms with E-state index >= 15 is 0 Å². The third-order valence-electron chi connectivity index (χ3n) is 5.70. The minimum absolute atomic E-state index is 0.149. The van der Waals surface area contributed by atoms with Gasteiger partial charge in [0, 0.05) is 36.5 Å². The van der Waals surface area contributed by atoms with Gasteiger partial charge in [0.05, 0.1) is 29.9 Å². The van der Waals surface area contributed by atoms with Gasteiger partial charge in [-0.3, -0.25) is 14.3 Å². The van der Waals surface area contributed by atoms with E-state index in [-0.39, 0.29) is 22.7 Å². The molecule has 8 heteroatoms. The highest BCUT2D eigenvalue weighted by molar-refractivity contribution is 6.09. The first-order valence-corrected chi connectivity index (χ1v) is 11.1. The number of allylic oxidation sites excluding steroid dienone is 1. The minimum atomic E-state index is -1.03. The summed E-state index contributed by atoms with van der Waals surface area (Å²) in [4.78, 5) is 20.8. The van der Waals surface area contributed by atoms with Crippen LogP contribution in [0.15, 0.2) is 65.9 Å². The lowest BCUT2D eigenvalue weighted by Gasteiger charge is -2.19. The molecule has 1 saturated carbocycles. The van der Waals surface area contributed by atoms with Gasteiger partial charge in [0.15, 0.2) is 0 Å². The lowest BCUT2D eigenvalue weighted by molar-refractivity contribution is 0.453. The molecule has 2 aromatic heterocycles. The number of benzene rings is 1. The Bertz CT molecular complexity index is 1340. The van der Waals surface area contributed by atoms with Gasteiger partial charge in [0.2, 0.25) is 0 Å². The second kappa shape index (κ2) is 9.41. The third-order valence-corrected chi connectivity index (χ3v) is 5.70. The van der Waals surface area contributed by atoms with Crippen LogP contribution in [0.4, 0.5) is 0 Å². The topological polar surface area (TPSA) is 128 Å². The zero-order chi connectivity index (χ0) is 24.3. The maximum atomic E-state index is 12.2. The molecule has 8 nitrogen and oxygen atoms in total. The number of rotatable bonds is 8. The number of aromatic nitrogens is 3. The SMILES string of the molecule is CC(C)(C#N)n1cc(-c2cncc(/C(O)=C/C(=N)c3ccc(CNC4CC4)cc3)n2)ccc1=O. The molecule has 0 spiro atoms. The van der Waals surface area contributed by atoms with Gasteiger partial charge in [-0.05, 0) is 43.9 Å². The van der Waals surface area contributed by atoms with E-state index in [1.54, 1.807) is 26.1 Å². The van der Waals surface area contributed by atoms with Crippen molar-refractivity contribution in [2.24, 2.45) is 0 Å². The standard InChI is InChI=1S/C26H26N6O2/c1-26(2,16-27)32-15-19(7-10-25(32)34)22-13-29-14-23(31-22)24(33)11-21(28)18-5-3-17(4-6-18)12-30-20-8-9-20/h3-7,10-11,13-15,20,28,30,33H,8-9,12H2,1-2H3/b24-11-,28-21?. The Balaban J connectivity index is 1.54. The molecule has 0 atom stereocenters. The van der Waals surface area contributed by atoms with Gasteiger partial charge in [-0.2, -0.15) is 5.26 Å². The number of nitrogens with one attached hydrogen (secondary N) is 2. The second-order valence-corrected chi connectivity index (χ2v) is 8.88. The molecular formula is C26H26N6O2. The monoisotopic (exact) mass is 454 g/mol. The van der Waals surface area contributed by atoms with Crippen LogP contribution in [0, 0.1) is 16.7 Å². The molecule has 0 amide bonds. The first-order chi connectivity index (χ1) is 16.3. The van der Waals surface area contributed by atoms with Crippen molar-refractivity contribution >= 4 is 11.5 Å². The molecule has 1 aromatic carbocycles. The first-order valence-electron chi connectivity index (χ1n) is 11.1. The number of nitrogens with zero attached hydrogens (tertiary/aromatic N) is 4. The van der Waals surface area contributed by atoms with Crippen LogP contribution >= 0.6 is 0 Å². The summed E-state index contributed by atoms with van der Waals surface area (Å²) in [5.41, 5.74) is 1.85. The van der Waals surface area contributed by atoms with Gasteiger partial charge < -0.3 is 15.8 Å². The van der Waals surface area contributed by atoms with Crippen LogP contribution in [0.2, 0.25) is 0 Å². The summed E-state index contributed by atoms with van der Waals surface area (Å²) in [6.45, 7) is 4.11. The van der Waals surface area contributed by atoms with E-state index in [9.17, 15) is 15.2 Å². The van der Waals surface area contributed by atoms with E-state index in [4.69, 9.17) is 5.41 Å². The van der Waals surface area contributed by atoms with Gasteiger partial charge in [0.1, 0.15) is 17.0 Å². The molecule has 4 rings (SSSR count). The molecule has 1 aliphatic rings. The molecule has 0 saturated heterocycles. The lowest BCUT2D eigenvalue weighted by Crippen LogP contribution is -2.34. The van der Waals surface area contributed by atoms with Gasteiger partial charge in [-0.1, -0.05) is 24.3 Å². The number of hydrogen-bond donors (Lipinski definition) is 3. The zero-order valence-electron chi connectivity index (χ0n) is 19.1. The van der Waals surface area contributed by atoms with Crippen molar-refractivity contribution in [3.63, 3.8) is 0 Å². The molecular weight excluding hydrogens is 428 g/mol. The van der Waals surface area contributed by atoms with Gasteiger partial charge in [0.25, 0.3) is 5.56 Å². The zero-order valence-corrected chi connectivity index (χ0v) is 19.1. The molecule has 1 aliphatic carbocycles. The molecule has 0 aliphatic heterocycles. The van der Waals surface area contributed by atoms with Crippen molar-refractivity contribution < 1.29 is 5.11 Å². The van der Waals surface area contributed by atoms with Crippen LogP contribution in [0.25, 0.3) is 17.0 Å². The average Bonchev–Trinajstić information content (AvgIpc) is 3.68. The number of hydrogen-bond acceptors (Lipinski definition) is 7. The fourth-order valence-corrected chi connectivity index (χ4v) is 3.40. The van der Waals surface area contributed by atoms with Crippen molar-refractivity contribution in [1.29, 1.82) is 10.7 Å². The van der Waals surface area contributed by atoms with Crippen molar-refractivity contribution in [3.8, 4) is 17.3 Å². The van der Waals surface area contributed by atoms with Crippen LogP contribution in [-0.2, 0) is 12.1 Å². The number of nitriles is 1. The second-order valence-electron chi connectivity index (χ2n) is 8.88. The van der Waals surface area contributed by atoms with Gasteiger partial charge in [-0.25, -0.2) is 4.98 Å². The predicted molar refractivity (Wildman–Crippen MR) is 130 cm³/mol. The van der Waals surface area contributed by atoms with Crippen molar-refractivity contribution in [1.82, 2.24) is 19.9 Å². The third kappa shape index (κ3) is 5.27. The van der Waals surface area contributed by atoms with E-state index < -0.39 is 5.54 Å². The highest BCUT2D eigenvalue weighted by atomic mass is 16.3. The van der Waals surface area contributed by atoms with Crippen molar-refractivity contribution in [2.75, 3.05) is 0 Å². The molecule has 1 fully saturated rings. The summed E-state index contributed by atoms with van der Waals surface area (Å²) in [6, 6.07) is 13.4. The number of pyridine rings is 1. The first kappa shape index (κ1) is 23.1. The normalized spacial score (nSPS) is 14.0. The van der Waals surface area contributed by atoms with Crippen LogP contribution in [0.5, 0.6) is 0 Å². The van der Waals surface area contributed by atoms with Crippen molar-refractivity contribution in [2.45, 2.75) is 44.8 Å². The Kier molecular flexibility index (Phi) is 6.39. The number of aliphatic hydroxyl groups excluding tert-OH is 1. The Morgan fingerprint density at radius 1 is 1.26 bits per heavy atom. The Morgan fingerprint density at radius 2 is 2.00 bits per heavy atom. The fraction of sp³-hybridized carbons (Fsp3) is 0.269. The van der Waals surface area contributed by atoms with Gasteiger partial charge >= 0.3 is 0 Å². The molecule has 3 aromatic rings. The van der Waals surface area contributed by atoms with Crippen LogP contribution in [0.1, 0.15) is 43.5 Å². The Morgan fingerprint density at radius 3 is 2.68 bits per heavy atom. The fourth-order valence-electron chi connectivity index (χ4n) is 3.40. The molecule has 3 N–H and O–H groups in total. The maximum absolute atomic E-state index is 12.2. The van der Waals surface area contributed by atoms with Crippen LogP contribution in [-0.4, -0.2) is 31.4 Å². The smallest absolute Gasteiger partial charge is 0.251 e. The number of aliphatic hydroxyl groups is 1. The van der Waals surface area contributed by atoms with E-state index in [0.717, 1.165) is 12.1 Å². The lowest BCUT2D eigenvalue weighted by atomic mass is 10.1. The molecule has 2 heterocycles. The predicted octanol–water partition coefficient (Wildman–Crippen LogP) is 3.78. The van der Waals surface area contributed by atoms with E-state index in [2.05, 4.69) is 21.4 Å². The quantitative estimate of drug-likeness (QED) is 0.351. The average molecular weight is 455 g/mol.